The van der Waals surface area contributed by atoms with Crippen LogP contribution in [0, 0.1) is 29.4 Å². The van der Waals surface area contributed by atoms with Crippen LogP contribution in [-0.2, 0) is 5.60 Å². The molecule has 2 nitrogen and oxygen atoms in total. The lowest BCUT2D eigenvalue weighted by Crippen LogP contribution is -2.35. The van der Waals surface area contributed by atoms with Gasteiger partial charge in [0, 0.05) is 5.56 Å². The van der Waals surface area contributed by atoms with Crippen LogP contribution < -0.4 is 4.74 Å². The maximum Gasteiger partial charge on any atom is 0.200 e. The minimum Gasteiger partial charge on any atom is -0.490 e. The summed E-state index contributed by atoms with van der Waals surface area (Å²) in [6.45, 7) is 4.66. The predicted octanol–water partition coefficient (Wildman–Crippen LogP) is 7.13. The van der Waals surface area contributed by atoms with E-state index in [0.717, 1.165) is 37.5 Å². The SMILES string of the molecule is CCCCOc1ccc(C2(O)CCC(C3CCC(CCC)CC3)CC2)c(F)c1F. The molecule has 0 heterocycles. The molecule has 29 heavy (non-hydrogen) atoms. The molecule has 0 unspecified atom stereocenters. The van der Waals surface area contributed by atoms with E-state index in [4.69, 9.17) is 4.74 Å². The van der Waals surface area contributed by atoms with Gasteiger partial charge in [0.25, 0.3) is 0 Å². The lowest BCUT2D eigenvalue weighted by atomic mass is 9.66. The molecule has 0 radical (unpaired) electrons. The molecule has 1 N–H and O–H groups in total. The molecule has 0 aliphatic heterocycles. The van der Waals surface area contributed by atoms with Crippen LogP contribution in [0.1, 0.15) is 96.5 Å². The third kappa shape index (κ3) is 5.31. The highest BCUT2D eigenvalue weighted by Gasteiger charge is 2.40. The van der Waals surface area contributed by atoms with Crippen LogP contribution in [0.2, 0.25) is 0 Å². The molecule has 0 amide bonds. The quantitative estimate of drug-likeness (QED) is 0.464. The van der Waals surface area contributed by atoms with Crippen molar-refractivity contribution in [3.8, 4) is 5.75 Å². The van der Waals surface area contributed by atoms with E-state index >= 15 is 0 Å². The molecule has 2 fully saturated rings. The lowest BCUT2D eigenvalue weighted by molar-refractivity contribution is -0.0291. The molecule has 0 atom stereocenters. The van der Waals surface area contributed by atoms with Crippen molar-refractivity contribution in [3.05, 3.63) is 29.3 Å². The van der Waals surface area contributed by atoms with Crippen LogP contribution in [0.5, 0.6) is 5.75 Å². The molecule has 3 rings (SSSR count). The number of halogens is 2. The third-order valence-corrected chi connectivity index (χ3v) is 7.42. The second-order valence-electron chi connectivity index (χ2n) is 9.38. The molecule has 2 aliphatic carbocycles. The maximum absolute atomic E-state index is 14.8. The topological polar surface area (TPSA) is 29.5 Å². The summed E-state index contributed by atoms with van der Waals surface area (Å²) in [4.78, 5) is 0. The molecule has 0 bridgehead atoms. The van der Waals surface area contributed by atoms with E-state index in [9.17, 15) is 13.9 Å². The van der Waals surface area contributed by atoms with Gasteiger partial charge in [0.2, 0.25) is 5.82 Å². The molecule has 0 aromatic heterocycles. The van der Waals surface area contributed by atoms with E-state index in [0.29, 0.717) is 25.4 Å². The number of rotatable bonds is 8. The zero-order valence-corrected chi connectivity index (χ0v) is 18.2. The highest BCUT2D eigenvalue weighted by molar-refractivity contribution is 5.34. The van der Waals surface area contributed by atoms with E-state index < -0.39 is 17.2 Å². The van der Waals surface area contributed by atoms with Crippen molar-refractivity contribution in [1.82, 2.24) is 0 Å². The average molecular weight is 409 g/mol. The van der Waals surface area contributed by atoms with E-state index in [2.05, 4.69) is 6.92 Å². The van der Waals surface area contributed by atoms with Crippen LogP contribution in [0.25, 0.3) is 0 Å². The summed E-state index contributed by atoms with van der Waals surface area (Å²) in [5, 5.41) is 11.1. The summed E-state index contributed by atoms with van der Waals surface area (Å²) in [5.41, 5.74) is -1.16. The van der Waals surface area contributed by atoms with Crippen molar-refractivity contribution in [2.75, 3.05) is 6.61 Å². The van der Waals surface area contributed by atoms with Gasteiger partial charge in [-0.1, -0.05) is 46.0 Å². The minimum absolute atomic E-state index is 0.0548. The fraction of sp³-hybridized carbons (Fsp3) is 0.760. The minimum atomic E-state index is -1.26. The van der Waals surface area contributed by atoms with Crippen molar-refractivity contribution >= 4 is 0 Å². The average Bonchev–Trinajstić information content (AvgIpc) is 2.73. The Morgan fingerprint density at radius 1 is 0.931 bits per heavy atom. The van der Waals surface area contributed by atoms with Gasteiger partial charge in [-0.05, 0) is 74.8 Å². The largest absolute Gasteiger partial charge is 0.490 e. The second-order valence-corrected chi connectivity index (χ2v) is 9.38. The Bertz CT molecular complexity index is 644. The second kappa shape index (κ2) is 10.2. The number of hydrogen-bond donors (Lipinski definition) is 1. The van der Waals surface area contributed by atoms with Gasteiger partial charge in [0.15, 0.2) is 11.6 Å². The van der Waals surface area contributed by atoms with Crippen molar-refractivity contribution in [3.63, 3.8) is 0 Å². The Balaban J connectivity index is 1.59. The van der Waals surface area contributed by atoms with Gasteiger partial charge >= 0.3 is 0 Å². The fourth-order valence-corrected chi connectivity index (χ4v) is 5.54. The first-order chi connectivity index (χ1) is 14.0. The summed E-state index contributed by atoms with van der Waals surface area (Å²) in [6.07, 6.45) is 12.4. The summed E-state index contributed by atoms with van der Waals surface area (Å²) in [5.74, 6) is 0.280. The molecule has 164 valence electrons. The van der Waals surface area contributed by atoms with Crippen LogP contribution in [0.3, 0.4) is 0 Å². The van der Waals surface area contributed by atoms with Crippen LogP contribution >= 0.6 is 0 Å². The molecule has 2 saturated carbocycles. The normalized spacial score (nSPS) is 30.3. The highest BCUT2D eigenvalue weighted by atomic mass is 19.2. The zero-order chi connectivity index (χ0) is 20.9. The standard InChI is InChI=1S/C25H38F2O2/c1-3-5-17-29-22-12-11-21(23(26)24(22)27)25(28)15-13-20(14-16-25)19-9-7-18(6-4-2)8-10-19/h11-12,18-20,28H,3-10,13-17H2,1-2H3. The molecule has 1 aromatic carbocycles. The van der Waals surface area contributed by atoms with Crippen molar-refractivity contribution in [2.45, 2.75) is 96.5 Å². The van der Waals surface area contributed by atoms with E-state index in [1.54, 1.807) is 0 Å². The van der Waals surface area contributed by atoms with Gasteiger partial charge in [-0.25, -0.2) is 4.39 Å². The van der Waals surface area contributed by atoms with E-state index in [-0.39, 0.29) is 11.3 Å². The Labute approximate surface area is 175 Å². The number of unbranched alkanes of at least 4 members (excludes halogenated alkanes) is 1. The Kier molecular flexibility index (Phi) is 7.95. The third-order valence-electron chi connectivity index (χ3n) is 7.42. The summed E-state index contributed by atoms with van der Waals surface area (Å²) < 4.78 is 34.6. The van der Waals surface area contributed by atoms with E-state index in [1.165, 1.54) is 50.7 Å². The van der Waals surface area contributed by atoms with Crippen LogP contribution in [-0.4, -0.2) is 11.7 Å². The van der Waals surface area contributed by atoms with Crippen molar-refractivity contribution < 1.29 is 18.6 Å². The first kappa shape index (κ1) is 22.5. The summed E-state index contributed by atoms with van der Waals surface area (Å²) in [7, 11) is 0. The molecular weight excluding hydrogens is 370 g/mol. The van der Waals surface area contributed by atoms with E-state index in [1.807, 2.05) is 6.92 Å². The molecule has 0 spiro atoms. The zero-order valence-electron chi connectivity index (χ0n) is 18.2. The summed E-state index contributed by atoms with van der Waals surface area (Å²) >= 11 is 0. The lowest BCUT2D eigenvalue weighted by Gasteiger charge is -2.41. The number of hydrogen-bond acceptors (Lipinski definition) is 2. The smallest absolute Gasteiger partial charge is 0.200 e. The van der Waals surface area contributed by atoms with Gasteiger partial charge in [0.1, 0.15) is 0 Å². The maximum atomic E-state index is 14.8. The number of ether oxygens (including phenoxy) is 1. The number of benzene rings is 1. The van der Waals surface area contributed by atoms with Gasteiger partial charge in [-0.3, -0.25) is 0 Å². The molecule has 1 aromatic rings. The van der Waals surface area contributed by atoms with Gasteiger partial charge in [-0.2, -0.15) is 4.39 Å². The summed E-state index contributed by atoms with van der Waals surface area (Å²) in [6, 6.07) is 3.00. The molecule has 0 saturated heterocycles. The van der Waals surface area contributed by atoms with Gasteiger partial charge in [0.05, 0.1) is 12.2 Å². The Morgan fingerprint density at radius 3 is 2.21 bits per heavy atom. The molecular formula is C25H38F2O2. The van der Waals surface area contributed by atoms with Gasteiger partial charge < -0.3 is 9.84 Å². The molecule has 2 aliphatic rings. The highest BCUT2D eigenvalue weighted by Crippen LogP contribution is 2.47. The predicted molar refractivity (Wildman–Crippen MR) is 113 cm³/mol. The van der Waals surface area contributed by atoms with Crippen molar-refractivity contribution in [2.24, 2.45) is 17.8 Å². The van der Waals surface area contributed by atoms with Gasteiger partial charge in [-0.15, -0.1) is 0 Å². The monoisotopic (exact) mass is 408 g/mol. The Morgan fingerprint density at radius 2 is 1.59 bits per heavy atom. The van der Waals surface area contributed by atoms with Crippen LogP contribution in [0.15, 0.2) is 12.1 Å². The molecule has 4 heteroatoms. The first-order valence-corrected chi connectivity index (χ1v) is 11.8. The Hall–Kier alpha value is -1.16. The fourth-order valence-electron chi connectivity index (χ4n) is 5.54. The number of aliphatic hydroxyl groups is 1. The van der Waals surface area contributed by atoms with Crippen LogP contribution in [0.4, 0.5) is 8.78 Å². The first-order valence-electron chi connectivity index (χ1n) is 11.8. The van der Waals surface area contributed by atoms with Crippen molar-refractivity contribution in [1.29, 1.82) is 0 Å².